The summed E-state index contributed by atoms with van der Waals surface area (Å²) in [6.07, 6.45) is 5.39. The monoisotopic (exact) mass is 532 g/mol. The molecule has 1 amide bonds. The number of nitrogen functional groups attached to an aromatic ring is 1. The van der Waals surface area contributed by atoms with Gasteiger partial charge in [0.25, 0.3) is 5.91 Å². The number of anilines is 1. The lowest BCUT2D eigenvalue weighted by Gasteiger charge is -2.26. The van der Waals surface area contributed by atoms with Gasteiger partial charge in [0.1, 0.15) is 17.7 Å². The van der Waals surface area contributed by atoms with Gasteiger partial charge in [0.2, 0.25) is 0 Å². The number of ether oxygens (including phenoxy) is 1. The van der Waals surface area contributed by atoms with Gasteiger partial charge in [-0.2, -0.15) is 10.2 Å². The fourth-order valence-corrected chi connectivity index (χ4v) is 5.85. The Labute approximate surface area is 226 Å². The van der Waals surface area contributed by atoms with Gasteiger partial charge in [0.15, 0.2) is 5.82 Å². The molecule has 1 atom stereocenters. The second kappa shape index (κ2) is 10.4. The molecule has 0 bridgehead atoms. The van der Waals surface area contributed by atoms with Gasteiger partial charge in [-0.25, -0.2) is 13.9 Å². The number of aromatic nitrogens is 5. The lowest BCUT2D eigenvalue weighted by Crippen LogP contribution is -2.39. The van der Waals surface area contributed by atoms with Gasteiger partial charge in [-0.1, -0.05) is 0 Å². The molecular weight excluding hydrogens is 499 g/mol. The van der Waals surface area contributed by atoms with E-state index in [9.17, 15) is 9.18 Å². The maximum absolute atomic E-state index is 14.9. The third-order valence-corrected chi connectivity index (χ3v) is 8.06. The van der Waals surface area contributed by atoms with E-state index in [2.05, 4.69) is 32.2 Å². The largest absolute Gasteiger partial charge is 0.382 e. The number of hydrogen-bond acceptors (Lipinski definition) is 7. The molecule has 204 valence electrons. The number of hydrogen-bond donors (Lipinski definition) is 2. The third kappa shape index (κ3) is 4.87. The molecule has 11 heteroatoms. The SMILES string of the molecule is CN(CC1CCCN1C)C(=O)c1cc(F)cc(-c2cc(-c3cc(C4CCOCC4)[nH]n3)c3c(N)ncnn23)c1. The normalized spacial score (nSPS) is 18.7. The molecule has 5 heterocycles. The van der Waals surface area contributed by atoms with Gasteiger partial charge in [-0.3, -0.25) is 9.89 Å². The second-order valence-electron chi connectivity index (χ2n) is 10.6. The Morgan fingerprint density at radius 1 is 1.21 bits per heavy atom. The van der Waals surface area contributed by atoms with E-state index in [1.54, 1.807) is 22.5 Å². The number of carbonyl (C=O) groups excluding carboxylic acids is 1. The zero-order valence-corrected chi connectivity index (χ0v) is 22.2. The first kappa shape index (κ1) is 25.4. The Kier molecular flexibility index (Phi) is 6.78. The Bertz CT molecular complexity index is 1510. The maximum atomic E-state index is 14.9. The topological polar surface area (TPSA) is 118 Å². The van der Waals surface area contributed by atoms with Gasteiger partial charge in [-0.05, 0) is 69.6 Å². The molecule has 0 saturated carbocycles. The Morgan fingerprint density at radius 3 is 2.79 bits per heavy atom. The van der Waals surface area contributed by atoms with Crippen molar-refractivity contribution in [1.29, 1.82) is 0 Å². The molecule has 2 aliphatic heterocycles. The molecule has 2 saturated heterocycles. The smallest absolute Gasteiger partial charge is 0.253 e. The van der Waals surface area contributed by atoms with Crippen LogP contribution in [0.15, 0.2) is 36.7 Å². The number of nitrogens with zero attached hydrogens (tertiary/aromatic N) is 6. The molecule has 4 aromatic rings. The zero-order valence-electron chi connectivity index (χ0n) is 22.2. The van der Waals surface area contributed by atoms with Gasteiger partial charge >= 0.3 is 0 Å². The first-order valence-corrected chi connectivity index (χ1v) is 13.4. The van der Waals surface area contributed by atoms with E-state index in [0.717, 1.165) is 56.7 Å². The van der Waals surface area contributed by atoms with Crippen molar-refractivity contribution in [3.63, 3.8) is 0 Å². The number of nitrogens with two attached hydrogens (primary N) is 1. The Morgan fingerprint density at radius 2 is 2.03 bits per heavy atom. The summed E-state index contributed by atoms with van der Waals surface area (Å²) in [6.45, 7) is 3.08. The third-order valence-electron chi connectivity index (χ3n) is 8.06. The van der Waals surface area contributed by atoms with Crippen molar-refractivity contribution in [1.82, 2.24) is 34.6 Å². The average Bonchev–Trinajstić information content (AvgIpc) is 3.68. The van der Waals surface area contributed by atoms with Crippen LogP contribution in [0.2, 0.25) is 0 Å². The summed E-state index contributed by atoms with van der Waals surface area (Å²) in [7, 11) is 3.84. The molecule has 10 nitrogen and oxygen atoms in total. The summed E-state index contributed by atoms with van der Waals surface area (Å²) in [5, 5.41) is 12.2. The average molecular weight is 533 g/mol. The predicted octanol–water partition coefficient (Wildman–Crippen LogP) is 3.57. The molecule has 2 aliphatic rings. The van der Waals surface area contributed by atoms with Crippen LogP contribution in [0.4, 0.5) is 10.2 Å². The molecule has 39 heavy (non-hydrogen) atoms. The van der Waals surface area contributed by atoms with E-state index in [1.165, 1.54) is 18.5 Å². The fourth-order valence-electron chi connectivity index (χ4n) is 5.85. The van der Waals surface area contributed by atoms with E-state index in [4.69, 9.17) is 10.5 Å². The minimum atomic E-state index is -0.498. The number of halogens is 1. The number of fused-ring (bicyclic) bond motifs is 1. The van der Waals surface area contributed by atoms with E-state index < -0.39 is 5.82 Å². The van der Waals surface area contributed by atoms with Crippen LogP contribution in [0.3, 0.4) is 0 Å². The predicted molar refractivity (Wildman–Crippen MR) is 146 cm³/mol. The number of rotatable bonds is 6. The number of likely N-dealkylation sites (N-methyl/N-ethyl adjacent to an activating group) is 2. The summed E-state index contributed by atoms with van der Waals surface area (Å²) < 4.78 is 22.1. The van der Waals surface area contributed by atoms with Gasteiger partial charge in [0, 0.05) is 61.2 Å². The summed E-state index contributed by atoms with van der Waals surface area (Å²) in [5.74, 6) is -0.0863. The van der Waals surface area contributed by atoms with Crippen LogP contribution in [0.1, 0.15) is 47.7 Å². The minimum Gasteiger partial charge on any atom is -0.382 e. The van der Waals surface area contributed by atoms with Gasteiger partial charge in [-0.15, -0.1) is 0 Å². The first-order valence-electron chi connectivity index (χ1n) is 13.4. The molecule has 2 fully saturated rings. The van der Waals surface area contributed by atoms with E-state index in [0.29, 0.717) is 41.0 Å². The van der Waals surface area contributed by atoms with Crippen molar-refractivity contribution in [2.45, 2.75) is 37.6 Å². The van der Waals surface area contributed by atoms with Gasteiger partial charge in [0.05, 0.1) is 11.4 Å². The quantitative estimate of drug-likeness (QED) is 0.390. The highest BCUT2D eigenvalue weighted by Crippen LogP contribution is 2.36. The lowest BCUT2D eigenvalue weighted by molar-refractivity contribution is 0.0761. The summed E-state index contributed by atoms with van der Waals surface area (Å²) in [4.78, 5) is 21.5. The fraction of sp³-hybridized carbons (Fsp3) is 0.429. The number of amides is 1. The molecule has 3 aromatic heterocycles. The van der Waals surface area contributed by atoms with Crippen LogP contribution < -0.4 is 5.73 Å². The minimum absolute atomic E-state index is 0.223. The molecule has 3 N–H and O–H groups in total. The zero-order chi connectivity index (χ0) is 27.1. The highest BCUT2D eigenvalue weighted by atomic mass is 19.1. The molecule has 0 spiro atoms. The number of H-pyrrole nitrogens is 1. The first-order chi connectivity index (χ1) is 18.9. The van der Waals surface area contributed by atoms with E-state index >= 15 is 0 Å². The second-order valence-corrected chi connectivity index (χ2v) is 10.6. The molecule has 6 rings (SSSR count). The summed E-state index contributed by atoms with van der Waals surface area (Å²) >= 11 is 0. The van der Waals surface area contributed by atoms with E-state index in [-0.39, 0.29) is 17.3 Å². The number of likely N-dealkylation sites (tertiary alicyclic amines) is 1. The number of aromatic amines is 1. The van der Waals surface area contributed by atoms with Crippen LogP contribution >= 0.6 is 0 Å². The lowest BCUT2D eigenvalue weighted by atomic mass is 9.96. The molecular formula is C28H33FN8O2. The van der Waals surface area contributed by atoms with Crippen LogP contribution in [0.5, 0.6) is 0 Å². The van der Waals surface area contributed by atoms with Crippen LogP contribution in [0, 0.1) is 5.82 Å². The maximum Gasteiger partial charge on any atom is 0.253 e. The highest BCUT2D eigenvalue weighted by molar-refractivity contribution is 5.96. The van der Waals surface area contributed by atoms with Crippen molar-refractivity contribution in [3.8, 4) is 22.5 Å². The van der Waals surface area contributed by atoms with E-state index in [1.807, 2.05) is 12.1 Å². The number of benzene rings is 1. The molecule has 0 radical (unpaired) electrons. The standard InChI is InChI=1S/C28H33FN8O2/c1-35-7-3-4-21(35)15-36(2)28(38)19-10-18(11-20(29)12-19)25-13-22(26-27(30)31-16-32-37(25)26)24-14-23(33-34-24)17-5-8-39-9-6-17/h10-14,16-17,21H,3-9,15H2,1-2H3,(H,33,34)(H2,30,31,32). The Balaban J connectivity index is 1.36. The van der Waals surface area contributed by atoms with Crippen LogP contribution in [0.25, 0.3) is 28.0 Å². The van der Waals surface area contributed by atoms with Crippen LogP contribution in [-0.4, -0.2) is 86.9 Å². The number of nitrogens with one attached hydrogen (secondary N) is 1. The Hall–Kier alpha value is -3.83. The van der Waals surface area contributed by atoms with Crippen molar-refractivity contribution in [3.05, 3.63) is 53.7 Å². The van der Waals surface area contributed by atoms with Crippen LogP contribution in [-0.2, 0) is 4.74 Å². The molecule has 0 aliphatic carbocycles. The van der Waals surface area contributed by atoms with Crippen molar-refractivity contribution in [2.75, 3.05) is 46.1 Å². The van der Waals surface area contributed by atoms with Crippen molar-refractivity contribution in [2.24, 2.45) is 0 Å². The summed E-state index contributed by atoms with van der Waals surface area (Å²) in [5.41, 5.74) is 10.8. The van der Waals surface area contributed by atoms with Gasteiger partial charge < -0.3 is 20.3 Å². The van der Waals surface area contributed by atoms with Crippen molar-refractivity contribution < 1.29 is 13.9 Å². The number of carbonyl (C=O) groups is 1. The van der Waals surface area contributed by atoms with Crippen molar-refractivity contribution >= 4 is 17.2 Å². The molecule has 1 aromatic carbocycles. The highest BCUT2D eigenvalue weighted by Gasteiger charge is 2.26. The summed E-state index contributed by atoms with van der Waals surface area (Å²) in [6, 6.07) is 8.62. The molecule has 1 unspecified atom stereocenters.